The van der Waals surface area contributed by atoms with Crippen LogP contribution in [-0.4, -0.2) is 47.5 Å². The van der Waals surface area contributed by atoms with Crippen LogP contribution in [0, 0.1) is 5.92 Å². The van der Waals surface area contributed by atoms with Gasteiger partial charge in [-0.1, -0.05) is 61.4 Å². The van der Waals surface area contributed by atoms with Gasteiger partial charge in [0.2, 0.25) is 5.91 Å². The van der Waals surface area contributed by atoms with Gasteiger partial charge in [0.15, 0.2) is 6.10 Å². The maximum absolute atomic E-state index is 13.6. The smallest absolute Gasteiger partial charge is 0.332 e. The topological polar surface area (TPSA) is 79.0 Å². The Bertz CT molecular complexity index is 997. The van der Waals surface area contributed by atoms with Gasteiger partial charge in [-0.3, -0.25) is 9.59 Å². The van der Waals surface area contributed by atoms with E-state index in [0.29, 0.717) is 12.2 Å². The number of rotatable bonds is 5. The second-order valence-electron chi connectivity index (χ2n) is 8.72. The van der Waals surface area contributed by atoms with Crippen LogP contribution in [0.15, 0.2) is 60.7 Å². The summed E-state index contributed by atoms with van der Waals surface area (Å²) < 4.78 is 6.21. The monoisotopic (exact) mass is 433 g/mol. The molecule has 7 nitrogen and oxygen atoms in total. The highest BCUT2D eigenvalue weighted by molar-refractivity contribution is 6.18. The van der Waals surface area contributed by atoms with Crippen LogP contribution in [0.2, 0.25) is 0 Å². The molecule has 2 saturated heterocycles. The molecule has 4 unspecified atom stereocenters. The molecule has 5 rings (SSSR count). The first-order chi connectivity index (χ1) is 15.6. The van der Waals surface area contributed by atoms with Crippen LogP contribution >= 0.6 is 0 Å². The van der Waals surface area contributed by atoms with Gasteiger partial charge < -0.3 is 15.0 Å². The highest BCUT2D eigenvalue weighted by Crippen LogP contribution is 2.43. The first-order valence-corrected chi connectivity index (χ1v) is 11.3. The molecule has 2 aromatic rings. The number of para-hydroxylation sites is 1. The number of benzene rings is 2. The summed E-state index contributed by atoms with van der Waals surface area (Å²) in [6, 6.07) is 17.7. The molecule has 0 aromatic heterocycles. The molecular formula is C25H27N3O4. The summed E-state index contributed by atoms with van der Waals surface area (Å²) in [5.41, 5.74) is 1.48. The number of nitrogens with zero attached hydrogens (tertiary/aromatic N) is 2. The van der Waals surface area contributed by atoms with Crippen molar-refractivity contribution < 1.29 is 19.1 Å². The predicted molar refractivity (Wildman–Crippen MR) is 119 cm³/mol. The largest absolute Gasteiger partial charge is 0.363 e. The van der Waals surface area contributed by atoms with Crippen LogP contribution in [0.25, 0.3) is 0 Å². The number of imide groups is 1. The Morgan fingerprint density at radius 2 is 1.66 bits per heavy atom. The molecule has 1 aliphatic carbocycles. The van der Waals surface area contributed by atoms with Crippen LogP contribution in [-0.2, 0) is 20.9 Å². The Morgan fingerprint density at radius 3 is 2.41 bits per heavy atom. The van der Waals surface area contributed by atoms with Crippen molar-refractivity contribution in [1.29, 1.82) is 0 Å². The lowest BCUT2D eigenvalue weighted by molar-refractivity contribution is -0.134. The first kappa shape index (κ1) is 20.7. The molecule has 1 N–H and O–H groups in total. The number of carbonyl (C=O) groups excluding carboxylic acids is 3. The van der Waals surface area contributed by atoms with E-state index in [-0.39, 0.29) is 30.4 Å². The molecule has 2 heterocycles. The number of fused-ring (bicyclic) bond motifs is 3. The van der Waals surface area contributed by atoms with Crippen LogP contribution in [0.3, 0.4) is 0 Å². The maximum Gasteiger partial charge on any atom is 0.332 e. The van der Waals surface area contributed by atoms with Gasteiger partial charge in [0.25, 0.3) is 5.91 Å². The van der Waals surface area contributed by atoms with Crippen LogP contribution in [0.5, 0.6) is 0 Å². The lowest BCUT2D eigenvalue weighted by Gasteiger charge is -2.42. The van der Waals surface area contributed by atoms with Gasteiger partial charge in [0.1, 0.15) is 6.54 Å². The number of hydrogen-bond donors (Lipinski definition) is 1. The van der Waals surface area contributed by atoms with E-state index in [1.807, 2.05) is 36.4 Å². The Labute approximate surface area is 187 Å². The molecule has 3 fully saturated rings. The van der Waals surface area contributed by atoms with E-state index < -0.39 is 18.2 Å². The van der Waals surface area contributed by atoms with Crippen molar-refractivity contribution in [2.75, 3.05) is 11.4 Å². The molecule has 2 aromatic carbocycles. The van der Waals surface area contributed by atoms with E-state index in [1.54, 1.807) is 29.2 Å². The Hall–Kier alpha value is -3.19. The zero-order valence-corrected chi connectivity index (χ0v) is 17.9. The van der Waals surface area contributed by atoms with E-state index in [0.717, 1.165) is 31.2 Å². The van der Waals surface area contributed by atoms with E-state index in [4.69, 9.17) is 4.74 Å². The van der Waals surface area contributed by atoms with Gasteiger partial charge in [-0.25, -0.2) is 9.69 Å². The fraction of sp³-hybridized carbons (Fsp3) is 0.400. The second kappa shape index (κ2) is 8.74. The number of anilines is 1. The molecule has 166 valence electrons. The molecule has 3 aliphatic rings. The summed E-state index contributed by atoms with van der Waals surface area (Å²) >= 11 is 0. The van der Waals surface area contributed by atoms with Crippen molar-refractivity contribution in [3.8, 4) is 0 Å². The van der Waals surface area contributed by atoms with Crippen molar-refractivity contribution in [2.24, 2.45) is 5.92 Å². The Kier molecular flexibility index (Phi) is 5.66. The molecule has 4 amide bonds. The number of nitrogens with one attached hydrogen (secondary N) is 1. The maximum atomic E-state index is 13.6. The van der Waals surface area contributed by atoms with Gasteiger partial charge in [0, 0.05) is 12.5 Å². The third-order valence-electron chi connectivity index (χ3n) is 6.75. The molecule has 1 saturated carbocycles. The van der Waals surface area contributed by atoms with Crippen LogP contribution < -0.4 is 10.2 Å². The second-order valence-corrected chi connectivity index (χ2v) is 8.72. The molecule has 0 spiro atoms. The molecule has 32 heavy (non-hydrogen) atoms. The Balaban J connectivity index is 1.40. The van der Waals surface area contributed by atoms with Gasteiger partial charge in [-0.05, 0) is 30.5 Å². The van der Waals surface area contributed by atoms with Crippen molar-refractivity contribution in [1.82, 2.24) is 10.2 Å². The first-order valence-electron chi connectivity index (χ1n) is 11.3. The van der Waals surface area contributed by atoms with Crippen molar-refractivity contribution >= 4 is 23.5 Å². The SMILES string of the molecule is O=C(CN1C(=O)N(c2ccccc2)C(=O)C2OC3CCCCC3C21)NCc1ccccc1. The number of amides is 4. The van der Waals surface area contributed by atoms with Crippen LogP contribution in [0.4, 0.5) is 10.5 Å². The normalized spacial score (nSPS) is 27.1. The summed E-state index contributed by atoms with van der Waals surface area (Å²) in [6.07, 6.45) is 3.12. The average molecular weight is 434 g/mol. The average Bonchev–Trinajstić information content (AvgIpc) is 3.22. The number of urea groups is 1. The minimum absolute atomic E-state index is 0.0406. The zero-order chi connectivity index (χ0) is 22.1. The molecule has 4 atom stereocenters. The van der Waals surface area contributed by atoms with Crippen molar-refractivity contribution in [2.45, 2.75) is 50.5 Å². The standard InChI is InChI=1S/C25H27N3O4/c29-21(26-15-17-9-3-1-4-10-17)16-27-22-19-13-7-8-14-20(19)32-23(22)24(30)28(25(27)31)18-11-5-2-6-12-18/h1-6,9-12,19-20,22-23H,7-8,13-16H2,(H,26,29). The van der Waals surface area contributed by atoms with Gasteiger partial charge in [-0.2, -0.15) is 0 Å². The summed E-state index contributed by atoms with van der Waals surface area (Å²) in [4.78, 5) is 42.5. The van der Waals surface area contributed by atoms with Crippen molar-refractivity contribution in [3.63, 3.8) is 0 Å². The van der Waals surface area contributed by atoms with E-state index in [1.165, 1.54) is 4.90 Å². The minimum atomic E-state index is -0.733. The molecule has 0 radical (unpaired) electrons. The minimum Gasteiger partial charge on any atom is -0.363 e. The van der Waals surface area contributed by atoms with Gasteiger partial charge in [-0.15, -0.1) is 0 Å². The quantitative estimate of drug-likeness (QED) is 0.786. The lowest BCUT2D eigenvalue weighted by atomic mass is 9.81. The summed E-state index contributed by atoms with van der Waals surface area (Å²) in [5, 5.41) is 2.91. The number of ether oxygens (including phenoxy) is 1. The van der Waals surface area contributed by atoms with E-state index >= 15 is 0 Å². The predicted octanol–water partition coefficient (Wildman–Crippen LogP) is 3.10. The third kappa shape index (κ3) is 3.77. The molecular weight excluding hydrogens is 406 g/mol. The lowest BCUT2D eigenvalue weighted by Crippen LogP contribution is -2.66. The zero-order valence-electron chi connectivity index (χ0n) is 17.9. The fourth-order valence-electron chi connectivity index (χ4n) is 5.25. The summed E-state index contributed by atoms with van der Waals surface area (Å²) in [6.45, 7) is 0.287. The van der Waals surface area contributed by atoms with Crippen molar-refractivity contribution in [3.05, 3.63) is 66.2 Å². The van der Waals surface area contributed by atoms with Gasteiger partial charge >= 0.3 is 6.03 Å². The van der Waals surface area contributed by atoms with Gasteiger partial charge in [0.05, 0.1) is 17.8 Å². The number of carbonyl (C=O) groups is 3. The highest BCUT2D eigenvalue weighted by atomic mass is 16.5. The molecule has 0 bridgehead atoms. The molecule has 2 aliphatic heterocycles. The third-order valence-corrected chi connectivity index (χ3v) is 6.75. The highest BCUT2D eigenvalue weighted by Gasteiger charge is 2.57. The fourth-order valence-corrected chi connectivity index (χ4v) is 5.25. The summed E-state index contributed by atoms with van der Waals surface area (Å²) in [5.74, 6) is -0.495. The van der Waals surface area contributed by atoms with E-state index in [9.17, 15) is 14.4 Å². The molecule has 7 heteroatoms. The van der Waals surface area contributed by atoms with Crippen LogP contribution in [0.1, 0.15) is 31.2 Å². The van der Waals surface area contributed by atoms with E-state index in [2.05, 4.69) is 5.32 Å². The number of hydrogen-bond acceptors (Lipinski definition) is 4. The summed E-state index contributed by atoms with van der Waals surface area (Å²) in [7, 11) is 0. The Morgan fingerprint density at radius 1 is 0.969 bits per heavy atom.